The first-order chi connectivity index (χ1) is 4.97. The molecule has 0 amide bonds. The van der Waals surface area contributed by atoms with Crippen molar-refractivity contribution >= 4 is 0 Å². The molecule has 10 heavy (non-hydrogen) atoms. The highest BCUT2D eigenvalue weighted by Crippen LogP contribution is 2.27. The van der Waals surface area contributed by atoms with E-state index in [2.05, 4.69) is 15.5 Å². The molecular formula is C6H10N4. The average molecular weight is 138 g/mol. The lowest BCUT2D eigenvalue weighted by atomic mass is 10.3. The smallest absolute Gasteiger partial charge is 0.138 e. The number of rotatable bonds is 1. The fourth-order valence-electron chi connectivity index (χ4n) is 1.50. The second-order valence-corrected chi connectivity index (χ2v) is 2.73. The molecule has 1 aliphatic carbocycles. The number of aromatic nitrogens is 4. The van der Waals surface area contributed by atoms with Gasteiger partial charge in [-0.2, -0.15) is 0 Å². The van der Waals surface area contributed by atoms with E-state index in [-0.39, 0.29) is 0 Å². The van der Waals surface area contributed by atoms with E-state index in [1.807, 2.05) is 4.68 Å². The number of nitrogens with zero attached hydrogens (tertiary/aromatic N) is 4. The van der Waals surface area contributed by atoms with Gasteiger partial charge < -0.3 is 0 Å². The zero-order valence-corrected chi connectivity index (χ0v) is 5.77. The molecule has 0 spiro atoms. The molecule has 54 valence electrons. The molecule has 0 bridgehead atoms. The highest BCUT2D eigenvalue weighted by molar-refractivity contribution is 4.71. The lowest BCUT2D eigenvalue weighted by Crippen LogP contribution is -2.04. The van der Waals surface area contributed by atoms with Gasteiger partial charge in [-0.1, -0.05) is 12.8 Å². The largest absolute Gasteiger partial charge is 0.229 e. The second-order valence-electron chi connectivity index (χ2n) is 2.73. The zero-order valence-electron chi connectivity index (χ0n) is 5.77. The van der Waals surface area contributed by atoms with Crippen molar-refractivity contribution in [3.05, 3.63) is 6.33 Å². The Balaban J connectivity index is 2.12. The Morgan fingerprint density at radius 3 is 2.70 bits per heavy atom. The third kappa shape index (κ3) is 0.894. The van der Waals surface area contributed by atoms with Gasteiger partial charge in [-0.15, -0.1) is 5.10 Å². The molecule has 4 heteroatoms. The molecule has 1 aromatic heterocycles. The predicted octanol–water partition coefficient (Wildman–Crippen LogP) is 0.788. The maximum atomic E-state index is 3.85. The van der Waals surface area contributed by atoms with Crippen LogP contribution < -0.4 is 0 Å². The maximum absolute atomic E-state index is 3.85. The van der Waals surface area contributed by atoms with E-state index in [4.69, 9.17) is 0 Å². The van der Waals surface area contributed by atoms with Gasteiger partial charge in [-0.25, -0.2) is 4.68 Å². The summed E-state index contributed by atoms with van der Waals surface area (Å²) in [4.78, 5) is 0. The van der Waals surface area contributed by atoms with Crippen LogP contribution >= 0.6 is 0 Å². The fraction of sp³-hybridized carbons (Fsp3) is 0.833. The SMILES string of the molecule is c1nnnn1C1CCCC1. The lowest BCUT2D eigenvalue weighted by Gasteiger charge is -2.05. The van der Waals surface area contributed by atoms with E-state index in [0.717, 1.165) is 0 Å². The molecule has 4 nitrogen and oxygen atoms in total. The van der Waals surface area contributed by atoms with E-state index in [0.29, 0.717) is 6.04 Å². The van der Waals surface area contributed by atoms with Crippen LogP contribution in [0.4, 0.5) is 0 Å². The van der Waals surface area contributed by atoms with Crippen LogP contribution in [-0.2, 0) is 0 Å². The molecule has 1 aromatic rings. The van der Waals surface area contributed by atoms with E-state index < -0.39 is 0 Å². The summed E-state index contributed by atoms with van der Waals surface area (Å²) >= 11 is 0. The van der Waals surface area contributed by atoms with Crippen molar-refractivity contribution < 1.29 is 0 Å². The first-order valence-electron chi connectivity index (χ1n) is 3.69. The van der Waals surface area contributed by atoms with E-state index in [1.54, 1.807) is 6.33 Å². The van der Waals surface area contributed by atoms with Crippen molar-refractivity contribution in [3.63, 3.8) is 0 Å². The van der Waals surface area contributed by atoms with Gasteiger partial charge in [0.25, 0.3) is 0 Å². The summed E-state index contributed by atoms with van der Waals surface area (Å²) in [5.41, 5.74) is 0. The number of tetrazole rings is 1. The van der Waals surface area contributed by atoms with Crippen LogP contribution in [0.3, 0.4) is 0 Å². The number of hydrogen-bond acceptors (Lipinski definition) is 3. The normalized spacial score (nSPS) is 20.0. The molecule has 0 radical (unpaired) electrons. The Bertz CT molecular complexity index is 188. The summed E-state index contributed by atoms with van der Waals surface area (Å²) in [5.74, 6) is 0. The first kappa shape index (κ1) is 5.82. The minimum atomic E-state index is 0.579. The van der Waals surface area contributed by atoms with Crippen molar-refractivity contribution in [2.75, 3.05) is 0 Å². The van der Waals surface area contributed by atoms with Crippen molar-refractivity contribution in [2.24, 2.45) is 0 Å². The molecule has 0 unspecified atom stereocenters. The average Bonchev–Trinajstić information content (AvgIpc) is 2.59. The molecule has 1 fully saturated rings. The van der Waals surface area contributed by atoms with Gasteiger partial charge in [0.1, 0.15) is 6.33 Å². The van der Waals surface area contributed by atoms with E-state index >= 15 is 0 Å². The third-order valence-corrected chi connectivity index (χ3v) is 2.06. The Morgan fingerprint density at radius 2 is 2.10 bits per heavy atom. The van der Waals surface area contributed by atoms with E-state index in [9.17, 15) is 0 Å². The van der Waals surface area contributed by atoms with Crippen LogP contribution in [0.5, 0.6) is 0 Å². The van der Waals surface area contributed by atoms with Crippen LogP contribution in [0.15, 0.2) is 6.33 Å². The van der Waals surface area contributed by atoms with Crippen LogP contribution in [0.25, 0.3) is 0 Å². The Labute approximate surface area is 59.2 Å². The topological polar surface area (TPSA) is 43.6 Å². The highest BCUT2D eigenvalue weighted by atomic mass is 15.5. The molecule has 0 N–H and O–H groups in total. The van der Waals surface area contributed by atoms with Crippen molar-refractivity contribution in [1.29, 1.82) is 0 Å². The molecule has 1 heterocycles. The maximum Gasteiger partial charge on any atom is 0.138 e. The molecule has 0 aliphatic heterocycles. The molecular weight excluding hydrogens is 128 g/mol. The first-order valence-corrected chi connectivity index (χ1v) is 3.69. The summed E-state index contributed by atoms with van der Waals surface area (Å²) in [6.07, 6.45) is 6.83. The van der Waals surface area contributed by atoms with Crippen LogP contribution in [0.1, 0.15) is 31.7 Å². The van der Waals surface area contributed by atoms with Gasteiger partial charge in [-0.3, -0.25) is 0 Å². The second kappa shape index (κ2) is 2.36. The number of hydrogen-bond donors (Lipinski definition) is 0. The summed E-state index contributed by atoms with van der Waals surface area (Å²) in [5, 5.41) is 11.1. The Hall–Kier alpha value is -0.930. The molecule has 0 atom stereocenters. The van der Waals surface area contributed by atoms with Gasteiger partial charge in [-0.05, 0) is 23.3 Å². The zero-order chi connectivity index (χ0) is 6.81. The van der Waals surface area contributed by atoms with Crippen LogP contribution in [0, 0.1) is 0 Å². The molecule has 0 saturated heterocycles. The molecule has 1 saturated carbocycles. The lowest BCUT2D eigenvalue weighted by molar-refractivity contribution is 0.454. The van der Waals surface area contributed by atoms with Crippen molar-refractivity contribution in [1.82, 2.24) is 20.2 Å². The Morgan fingerprint density at radius 1 is 1.30 bits per heavy atom. The standard InChI is InChI=1S/C6H10N4/c1-2-4-6(3-1)10-5-7-8-9-10/h5-6H,1-4H2. The predicted molar refractivity (Wildman–Crippen MR) is 35.3 cm³/mol. The van der Waals surface area contributed by atoms with Crippen molar-refractivity contribution in [2.45, 2.75) is 31.7 Å². The summed E-state index contributed by atoms with van der Waals surface area (Å²) in [6.45, 7) is 0. The van der Waals surface area contributed by atoms with Crippen LogP contribution in [-0.4, -0.2) is 20.2 Å². The Kier molecular flexibility index (Phi) is 1.38. The highest BCUT2D eigenvalue weighted by Gasteiger charge is 2.16. The third-order valence-electron chi connectivity index (χ3n) is 2.06. The summed E-state index contributed by atoms with van der Waals surface area (Å²) in [7, 11) is 0. The minimum Gasteiger partial charge on any atom is -0.229 e. The molecule has 2 rings (SSSR count). The summed E-state index contributed by atoms with van der Waals surface area (Å²) < 4.78 is 1.87. The van der Waals surface area contributed by atoms with Gasteiger partial charge in [0.05, 0.1) is 6.04 Å². The van der Waals surface area contributed by atoms with Crippen LogP contribution in [0.2, 0.25) is 0 Å². The fourth-order valence-corrected chi connectivity index (χ4v) is 1.50. The molecule has 1 aliphatic rings. The van der Waals surface area contributed by atoms with Gasteiger partial charge >= 0.3 is 0 Å². The quantitative estimate of drug-likeness (QED) is 0.576. The van der Waals surface area contributed by atoms with Gasteiger partial charge in [0.15, 0.2) is 0 Å². The summed E-state index contributed by atoms with van der Waals surface area (Å²) in [6, 6.07) is 0.579. The van der Waals surface area contributed by atoms with Crippen molar-refractivity contribution in [3.8, 4) is 0 Å². The van der Waals surface area contributed by atoms with Gasteiger partial charge in [0, 0.05) is 0 Å². The van der Waals surface area contributed by atoms with Gasteiger partial charge in [0.2, 0.25) is 0 Å². The monoisotopic (exact) mass is 138 g/mol. The minimum absolute atomic E-state index is 0.579. The molecule has 0 aromatic carbocycles. The van der Waals surface area contributed by atoms with E-state index in [1.165, 1.54) is 25.7 Å².